The molecule has 8 heteroatoms. The average molecular weight is 476 g/mol. The average Bonchev–Trinajstić information content (AvgIpc) is 2.78. The van der Waals surface area contributed by atoms with Crippen molar-refractivity contribution in [1.29, 1.82) is 0 Å². The summed E-state index contributed by atoms with van der Waals surface area (Å²) in [5.74, 6) is -1.47. The number of halogens is 1. The van der Waals surface area contributed by atoms with Gasteiger partial charge in [-0.2, -0.15) is 0 Å². The van der Waals surface area contributed by atoms with Gasteiger partial charge in [0, 0.05) is 23.4 Å². The van der Waals surface area contributed by atoms with Gasteiger partial charge >= 0.3 is 11.9 Å². The number of hydrogen-bond donors (Lipinski definition) is 1. The molecule has 0 aliphatic carbocycles. The topological polar surface area (TPSA) is 90.9 Å². The van der Waals surface area contributed by atoms with Gasteiger partial charge in [0.25, 0.3) is 0 Å². The molecule has 1 aliphatic rings. The van der Waals surface area contributed by atoms with E-state index in [0.29, 0.717) is 31.7 Å². The molecule has 0 saturated carbocycles. The third kappa shape index (κ3) is 4.55. The lowest BCUT2D eigenvalue weighted by molar-refractivity contribution is -0.125. The smallest absolute Gasteiger partial charge is 0.337 e. The van der Waals surface area contributed by atoms with Gasteiger partial charge in [0.05, 0.1) is 30.8 Å². The second-order valence-electron chi connectivity index (χ2n) is 6.94. The van der Waals surface area contributed by atoms with E-state index in [0.717, 1.165) is 10.0 Å². The SMILES string of the molecule is COC(=O)c1cc(NC(=O)C2(c3ccc(Br)cc3)CCOCC2)cc(C(=O)OC)c1. The highest BCUT2D eigenvalue weighted by Crippen LogP contribution is 2.37. The van der Waals surface area contributed by atoms with Crippen molar-refractivity contribution in [3.8, 4) is 0 Å². The molecule has 1 amide bonds. The first-order valence-corrected chi connectivity index (χ1v) is 10.2. The Bertz CT molecular complexity index is 916. The van der Waals surface area contributed by atoms with E-state index < -0.39 is 17.4 Å². The van der Waals surface area contributed by atoms with E-state index in [2.05, 4.69) is 21.2 Å². The van der Waals surface area contributed by atoms with E-state index >= 15 is 0 Å². The van der Waals surface area contributed by atoms with Gasteiger partial charge in [-0.25, -0.2) is 9.59 Å². The Hall–Kier alpha value is -2.71. The third-order valence-corrected chi connectivity index (χ3v) is 5.74. The summed E-state index contributed by atoms with van der Waals surface area (Å²) in [6, 6.07) is 11.9. The van der Waals surface area contributed by atoms with E-state index in [-0.39, 0.29) is 17.0 Å². The lowest BCUT2D eigenvalue weighted by atomic mass is 9.73. The van der Waals surface area contributed by atoms with Crippen molar-refractivity contribution >= 4 is 39.5 Å². The summed E-state index contributed by atoms with van der Waals surface area (Å²) in [4.78, 5) is 37.5. The molecule has 7 nitrogen and oxygen atoms in total. The largest absolute Gasteiger partial charge is 0.465 e. The molecule has 0 atom stereocenters. The van der Waals surface area contributed by atoms with Crippen molar-refractivity contribution < 1.29 is 28.6 Å². The zero-order valence-electron chi connectivity index (χ0n) is 16.7. The Morgan fingerprint density at radius 3 is 1.97 bits per heavy atom. The fraction of sp³-hybridized carbons (Fsp3) is 0.318. The second kappa shape index (κ2) is 9.40. The van der Waals surface area contributed by atoms with Crippen molar-refractivity contribution in [1.82, 2.24) is 0 Å². The molecule has 0 bridgehead atoms. The highest BCUT2D eigenvalue weighted by atomic mass is 79.9. The maximum Gasteiger partial charge on any atom is 0.337 e. The van der Waals surface area contributed by atoms with Gasteiger partial charge in [-0.15, -0.1) is 0 Å². The Balaban J connectivity index is 1.98. The molecule has 2 aromatic rings. The third-order valence-electron chi connectivity index (χ3n) is 5.21. The van der Waals surface area contributed by atoms with Crippen LogP contribution >= 0.6 is 15.9 Å². The van der Waals surface area contributed by atoms with Crippen LogP contribution in [-0.4, -0.2) is 45.3 Å². The molecule has 1 fully saturated rings. The molecule has 0 unspecified atom stereocenters. The number of hydrogen-bond acceptors (Lipinski definition) is 6. The maximum absolute atomic E-state index is 13.5. The lowest BCUT2D eigenvalue weighted by Crippen LogP contribution is -2.44. The molecular weight excluding hydrogens is 454 g/mol. The zero-order valence-corrected chi connectivity index (χ0v) is 18.3. The van der Waals surface area contributed by atoms with Crippen LogP contribution in [0.5, 0.6) is 0 Å². The normalized spacial score (nSPS) is 15.2. The highest BCUT2D eigenvalue weighted by molar-refractivity contribution is 9.10. The van der Waals surface area contributed by atoms with E-state index in [4.69, 9.17) is 14.2 Å². The van der Waals surface area contributed by atoms with E-state index in [1.807, 2.05) is 24.3 Å². The van der Waals surface area contributed by atoms with Crippen molar-refractivity contribution in [3.05, 3.63) is 63.6 Å². The van der Waals surface area contributed by atoms with Crippen LogP contribution in [0.3, 0.4) is 0 Å². The lowest BCUT2D eigenvalue weighted by Gasteiger charge is -2.36. The molecule has 1 N–H and O–H groups in total. The number of nitrogens with one attached hydrogen (secondary N) is 1. The van der Waals surface area contributed by atoms with E-state index in [9.17, 15) is 14.4 Å². The van der Waals surface area contributed by atoms with Crippen LogP contribution in [0.4, 0.5) is 5.69 Å². The summed E-state index contributed by atoms with van der Waals surface area (Å²) >= 11 is 3.42. The summed E-state index contributed by atoms with van der Waals surface area (Å²) in [7, 11) is 2.49. The monoisotopic (exact) mass is 475 g/mol. The first-order valence-electron chi connectivity index (χ1n) is 9.36. The summed E-state index contributed by atoms with van der Waals surface area (Å²) in [6.45, 7) is 0.915. The number of carbonyl (C=O) groups excluding carboxylic acids is 3. The minimum atomic E-state index is -0.786. The number of amides is 1. The Kier molecular flexibility index (Phi) is 6.89. The van der Waals surface area contributed by atoms with Gasteiger partial charge in [-0.1, -0.05) is 28.1 Å². The summed E-state index contributed by atoms with van der Waals surface area (Å²) in [5, 5.41) is 2.88. The molecule has 0 spiro atoms. The van der Waals surface area contributed by atoms with Gasteiger partial charge in [0.15, 0.2) is 0 Å². The molecular formula is C22H22BrNO6. The fourth-order valence-electron chi connectivity index (χ4n) is 3.56. The predicted octanol–water partition coefficient (Wildman–Crippen LogP) is 3.71. The minimum absolute atomic E-state index is 0.139. The number of esters is 2. The van der Waals surface area contributed by atoms with Gasteiger partial charge in [-0.05, 0) is 48.7 Å². The predicted molar refractivity (Wildman–Crippen MR) is 114 cm³/mol. The van der Waals surface area contributed by atoms with Crippen LogP contribution in [0.1, 0.15) is 39.1 Å². The summed E-state index contributed by atoms with van der Waals surface area (Å²) < 4.78 is 15.9. The van der Waals surface area contributed by atoms with Crippen molar-refractivity contribution in [2.45, 2.75) is 18.3 Å². The summed E-state index contributed by atoms with van der Waals surface area (Å²) in [6.07, 6.45) is 1.03. The quantitative estimate of drug-likeness (QED) is 0.662. The van der Waals surface area contributed by atoms with Crippen molar-refractivity contribution in [2.75, 3.05) is 32.8 Å². The van der Waals surface area contributed by atoms with Crippen LogP contribution < -0.4 is 5.32 Å². The molecule has 158 valence electrons. The van der Waals surface area contributed by atoms with Gasteiger partial charge < -0.3 is 19.5 Å². The van der Waals surface area contributed by atoms with Gasteiger partial charge in [0.2, 0.25) is 5.91 Å². The first kappa shape index (κ1) is 22.0. The highest BCUT2D eigenvalue weighted by Gasteiger charge is 2.41. The molecule has 1 heterocycles. The molecule has 30 heavy (non-hydrogen) atoms. The van der Waals surface area contributed by atoms with Gasteiger partial charge in [-0.3, -0.25) is 4.79 Å². The van der Waals surface area contributed by atoms with Crippen LogP contribution in [0.25, 0.3) is 0 Å². The Morgan fingerprint density at radius 2 is 1.47 bits per heavy atom. The van der Waals surface area contributed by atoms with E-state index in [1.165, 1.54) is 32.4 Å². The van der Waals surface area contributed by atoms with Crippen LogP contribution in [-0.2, 0) is 24.4 Å². The fourth-order valence-corrected chi connectivity index (χ4v) is 3.82. The number of anilines is 1. The number of rotatable bonds is 5. The Labute approximate surface area is 182 Å². The minimum Gasteiger partial charge on any atom is -0.465 e. The number of methoxy groups -OCH3 is 2. The molecule has 3 rings (SSSR count). The molecule has 1 aliphatic heterocycles. The zero-order chi connectivity index (χ0) is 21.7. The van der Waals surface area contributed by atoms with Crippen LogP contribution in [0, 0.1) is 0 Å². The van der Waals surface area contributed by atoms with Crippen LogP contribution in [0.15, 0.2) is 46.9 Å². The summed E-state index contributed by atoms with van der Waals surface area (Å²) in [5.41, 5.74) is 0.682. The van der Waals surface area contributed by atoms with Crippen LogP contribution in [0.2, 0.25) is 0 Å². The Morgan fingerprint density at radius 1 is 0.933 bits per heavy atom. The number of ether oxygens (including phenoxy) is 3. The molecule has 0 radical (unpaired) electrons. The van der Waals surface area contributed by atoms with E-state index in [1.54, 1.807) is 0 Å². The maximum atomic E-state index is 13.5. The second-order valence-corrected chi connectivity index (χ2v) is 7.85. The molecule has 2 aromatic carbocycles. The van der Waals surface area contributed by atoms with Crippen molar-refractivity contribution in [2.24, 2.45) is 0 Å². The number of benzene rings is 2. The first-order chi connectivity index (χ1) is 14.4. The van der Waals surface area contributed by atoms with Crippen molar-refractivity contribution in [3.63, 3.8) is 0 Å². The number of carbonyl (C=O) groups is 3. The standard InChI is InChI=1S/C22H22BrNO6/c1-28-19(25)14-11-15(20(26)29-2)13-18(12-14)24-21(27)22(7-9-30-10-8-22)16-3-5-17(23)6-4-16/h3-6,11-13H,7-10H2,1-2H3,(H,24,27). The van der Waals surface area contributed by atoms with Gasteiger partial charge in [0.1, 0.15) is 0 Å². The molecule has 0 aromatic heterocycles. The molecule has 1 saturated heterocycles.